The fraction of sp³-hybridized carbons (Fsp3) is 0.406. The Bertz CT molecular complexity index is 1220. The van der Waals surface area contributed by atoms with Crippen LogP contribution in [0.2, 0.25) is 0 Å². The van der Waals surface area contributed by atoms with Crippen molar-refractivity contribution in [2.75, 3.05) is 26.2 Å². The second kappa shape index (κ2) is 12.5. The third-order valence-electron chi connectivity index (χ3n) is 8.17. The molecule has 0 radical (unpaired) electrons. The van der Waals surface area contributed by atoms with E-state index in [0.717, 1.165) is 38.0 Å². The third-order valence-corrected chi connectivity index (χ3v) is 8.17. The van der Waals surface area contributed by atoms with E-state index in [1.54, 1.807) is 19.3 Å². The number of pyridine rings is 1. The molecule has 2 aliphatic heterocycles. The predicted octanol–water partition coefficient (Wildman–Crippen LogP) is 3.33. The van der Waals surface area contributed by atoms with Gasteiger partial charge in [0.25, 0.3) is 0 Å². The van der Waals surface area contributed by atoms with E-state index in [4.69, 9.17) is 5.73 Å². The van der Waals surface area contributed by atoms with Crippen molar-refractivity contribution in [3.05, 3.63) is 102 Å². The van der Waals surface area contributed by atoms with E-state index in [1.807, 2.05) is 23.1 Å². The average Bonchev–Trinajstić information content (AvgIpc) is 3.61. The number of nitrogens with zero attached hydrogens (tertiary/aromatic N) is 3. The zero-order valence-electron chi connectivity index (χ0n) is 22.7. The minimum absolute atomic E-state index is 0.0462. The van der Waals surface area contributed by atoms with Crippen molar-refractivity contribution in [3.8, 4) is 0 Å². The SMILES string of the molecule is CC(N)C(=O)NC(Cc1cccnc1)C(=O)N1CC(c2ccccc2)CC1CN1CCC(c2ccccc2)C1. The lowest BCUT2D eigenvalue weighted by Crippen LogP contribution is -2.55. The van der Waals surface area contributed by atoms with Crippen LogP contribution in [0.3, 0.4) is 0 Å². The van der Waals surface area contributed by atoms with E-state index >= 15 is 0 Å². The van der Waals surface area contributed by atoms with Crippen LogP contribution in [0, 0.1) is 0 Å². The summed E-state index contributed by atoms with van der Waals surface area (Å²) >= 11 is 0. The minimum Gasteiger partial charge on any atom is -0.343 e. The molecule has 5 rings (SSSR count). The number of rotatable bonds is 9. The molecule has 3 heterocycles. The molecule has 204 valence electrons. The number of nitrogens with one attached hydrogen (secondary N) is 1. The van der Waals surface area contributed by atoms with Gasteiger partial charge >= 0.3 is 0 Å². The summed E-state index contributed by atoms with van der Waals surface area (Å²) < 4.78 is 0. The van der Waals surface area contributed by atoms with Crippen LogP contribution in [-0.2, 0) is 16.0 Å². The Labute approximate surface area is 231 Å². The summed E-state index contributed by atoms with van der Waals surface area (Å²) in [6.45, 7) is 5.13. The molecule has 7 nitrogen and oxygen atoms in total. The molecule has 2 aliphatic rings. The first-order valence-electron chi connectivity index (χ1n) is 14.1. The van der Waals surface area contributed by atoms with Gasteiger partial charge in [-0.1, -0.05) is 66.7 Å². The van der Waals surface area contributed by atoms with Crippen molar-refractivity contribution in [2.24, 2.45) is 5.73 Å². The maximum Gasteiger partial charge on any atom is 0.245 e. The van der Waals surface area contributed by atoms with E-state index < -0.39 is 12.1 Å². The molecule has 2 aromatic carbocycles. The molecule has 1 aromatic heterocycles. The Morgan fingerprint density at radius 2 is 1.67 bits per heavy atom. The highest BCUT2D eigenvalue weighted by Crippen LogP contribution is 2.35. The van der Waals surface area contributed by atoms with Crippen LogP contribution < -0.4 is 11.1 Å². The molecule has 7 heteroatoms. The van der Waals surface area contributed by atoms with E-state index in [-0.39, 0.29) is 23.8 Å². The summed E-state index contributed by atoms with van der Waals surface area (Å²) in [4.78, 5) is 35.6. The molecule has 0 saturated carbocycles. The molecule has 2 fully saturated rings. The summed E-state index contributed by atoms with van der Waals surface area (Å²) in [6, 6.07) is 23.7. The molecule has 3 N–H and O–H groups in total. The van der Waals surface area contributed by atoms with Gasteiger partial charge in [-0.05, 0) is 55.0 Å². The largest absolute Gasteiger partial charge is 0.343 e. The van der Waals surface area contributed by atoms with Crippen LogP contribution in [-0.4, -0.2) is 70.9 Å². The summed E-state index contributed by atoms with van der Waals surface area (Å²) in [5, 5.41) is 2.94. The number of aromatic nitrogens is 1. The first kappa shape index (κ1) is 27.0. The summed E-state index contributed by atoms with van der Waals surface area (Å²) in [6.07, 6.45) is 5.87. The zero-order valence-corrected chi connectivity index (χ0v) is 22.7. The van der Waals surface area contributed by atoms with Crippen molar-refractivity contribution in [1.82, 2.24) is 20.1 Å². The Kier molecular flexibility index (Phi) is 8.69. The van der Waals surface area contributed by atoms with Crippen LogP contribution in [0.1, 0.15) is 48.3 Å². The van der Waals surface area contributed by atoms with Crippen molar-refractivity contribution >= 4 is 11.8 Å². The van der Waals surface area contributed by atoms with Crippen LogP contribution >= 0.6 is 0 Å². The molecule has 5 atom stereocenters. The van der Waals surface area contributed by atoms with E-state index in [0.29, 0.717) is 18.9 Å². The fourth-order valence-electron chi connectivity index (χ4n) is 6.08. The predicted molar refractivity (Wildman–Crippen MR) is 153 cm³/mol. The van der Waals surface area contributed by atoms with Crippen LogP contribution in [0.4, 0.5) is 0 Å². The molecule has 39 heavy (non-hydrogen) atoms. The molecule has 0 spiro atoms. The molecule has 0 bridgehead atoms. The summed E-state index contributed by atoms with van der Waals surface area (Å²) in [5.74, 6) is 0.411. The maximum atomic E-state index is 14.2. The van der Waals surface area contributed by atoms with Gasteiger partial charge in [-0.25, -0.2) is 0 Å². The highest BCUT2D eigenvalue weighted by atomic mass is 16.2. The number of hydrogen-bond donors (Lipinski definition) is 2. The highest BCUT2D eigenvalue weighted by Gasteiger charge is 2.40. The average molecular weight is 526 g/mol. The number of likely N-dealkylation sites (tertiary alicyclic amines) is 2. The van der Waals surface area contributed by atoms with E-state index in [9.17, 15) is 9.59 Å². The van der Waals surface area contributed by atoms with Gasteiger partial charge in [-0.15, -0.1) is 0 Å². The van der Waals surface area contributed by atoms with Gasteiger partial charge in [0.05, 0.1) is 6.04 Å². The number of amides is 2. The van der Waals surface area contributed by atoms with Crippen LogP contribution in [0.5, 0.6) is 0 Å². The van der Waals surface area contributed by atoms with Crippen molar-refractivity contribution in [3.63, 3.8) is 0 Å². The molecular formula is C32H39N5O2. The first-order valence-corrected chi connectivity index (χ1v) is 14.1. The Morgan fingerprint density at radius 3 is 2.31 bits per heavy atom. The van der Waals surface area contributed by atoms with Gasteiger partial charge < -0.3 is 20.9 Å². The zero-order chi connectivity index (χ0) is 27.2. The molecule has 2 saturated heterocycles. The summed E-state index contributed by atoms with van der Waals surface area (Å²) in [5.41, 5.74) is 9.41. The number of benzene rings is 2. The second-order valence-electron chi connectivity index (χ2n) is 11.1. The standard InChI is InChI=1S/C32H39N5O2/c1-23(33)31(38)35-30(17-24-9-8-15-34-19-24)32(39)37-21-28(26-12-6-3-7-13-26)18-29(37)22-36-16-14-27(20-36)25-10-4-2-5-11-25/h2-13,15,19,23,27-30H,14,16-18,20-22,33H2,1H3,(H,35,38). The third kappa shape index (κ3) is 6.72. The number of carbonyl (C=O) groups is 2. The molecule has 5 unspecified atom stereocenters. The Morgan fingerprint density at radius 1 is 0.974 bits per heavy atom. The van der Waals surface area contributed by atoms with Gasteiger partial charge in [0.1, 0.15) is 6.04 Å². The van der Waals surface area contributed by atoms with Gasteiger partial charge in [-0.3, -0.25) is 14.6 Å². The van der Waals surface area contributed by atoms with Crippen LogP contribution in [0.25, 0.3) is 0 Å². The first-order chi connectivity index (χ1) is 19.0. The number of nitrogens with two attached hydrogens (primary N) is 1. The summed E-state index contributed by atoms with van der Waals surface area (Å²) in [7, 11) is 0. The monoisotopic (exact) mass is 525 g/mol. The number of hydrogen-bond acceptors (Lipinski definition) is 5. The van der Waals surface area contributed by atoms with Gasteiger partial charge in [0, 0.05) is 50.4 Å². The second-order valence-corrected chi connectivity index (χ2v) is 11.1. The van der Waals surface area contributed by atoms with Gasteiger partial charge in [0.15, 0.2) is 0 Å². The van der Waals surface area contributed by atoms with Gasteiger partial charge in [0.2, 0.25) is 11.8 Å². The van der Waals surface area contributed by atoms with Crippen molar-refractivity contribution < 1.29 is 9.59 Å². The van der Waals surface area contributed by atoms with Crippen molar-refractivity contribution in [1.29, 1.82) is 0 Å². The normalized spacial score (nSPS) is 22.9. The molecule has 2 amide bonds. The topological polar surface area (TPSA) is 91.6 Å². The fourth-order valence-corrected chi connectivity index (χ4v) is 6.08. The van der Waals surface area contributed by atoms with Crippen molar-refractivity contribution in [2.45, 2.75) is 56.1 Å². The lowest BCUT2D eigenvalue weighted by atomic mass is 9.96. The molecule has 0 aliphatic carbocycles. The Hall–Kier alpha value is -3.55. The van der Waals surface area contributed by atoms with Crippen LogP contribution in [0.15, 0.2) is 85.2 Å². The van der Waals surface area contributed by atoms with Gasteiger partial charge in [-0.2, -0.15) is 0 Å². The minimum atomic E-state index is -0.694. The number of carbonyl (C=O) groups excluding carboxylic acids is 2. The maximum absolute atomic E-state index is 14.2. The smallest absolute Gasteiger partial charge is 0.245 e. The lowest BCUT2D eigenvalue weighted by molar-refractivity contribution is -0.137. The van der Waals surface area contributed by atoms with E-state index in [2.05, 4.69) is 69.8 Å². The molecule has 3 aromatic rings. The molecular weight excluding hydrogens is 486 g/mol. The Balaban J connectivity index is 1.36. The quantitative estimate of drug-likeness (QED) is 0.447. The lowest BCUT2D eigenvalue weighted by Gasteiger charge is -2.32. The highest BCUT2D eigenvalue weighted by molar-refractivity contribution is 5.90. The van der Waals surface area contributed by atoms with E-state index in [1.165, 1.54) is 11.1 Å².